The first kappa shape index (κ1) is 14.8. The summed E-state index contributed by atoms with van der Waals surface area (Å²) >= 11 is 0. The number of pyridine rings is 1. The van der Waals surface area contributed by atoms with E-state index in [0.29, 0.717) is 11.3 Å². The van der Waals surface area contributed by atoms with Crippen molar-refractivity contribution in [2.45, 2.75) is 25.3 Å². The molecule has 1 aliphatic heterocycles. The third-order valence-electron chi connectivity index (χ3n) is 4.31. The molecule has 0 amide bonds. The molecule has 3 aromatic heterocycles. The van der Waals surface area contributed by atoms with Crippen molar-refractivity contribution in [2.75, 3.05) is 30.4 Å². The number of anilines is 2. The zero-order chi connectivity index (χ0) is 16.5. The maximum absolute atomic E-state index is 4.78. The number of hydrogen-bond acceptors (Lipinski definition) is 8. The summed E-state index contributed by atoms with van der Waals surface area (Å²) in [4.78, 5) is 18.0. The SMILES string of the molecule is CN(C)c1nc2nonc2nc1N1CCCCC1c1ccccn1. The smallest absolute Gasteiger partial charge is 0.245 e. The fourth-order valence-electron chi connectivity index (χ4n) is 3.18. The summed E-state index contributed by atoms with van der Waals surface area (Å²) in [6, 6.07) is 6.22. The lowest BCUT2D eigenvalue weighted by Gasteiger charge is -2.37. The summed E-state index contributed by atoms with van der Waals surface area (Å²) in [6.45, 7) is 0.910. The number of nitrogens with zero attached hydrogens (tertiary/aromatic N) is 7. The van der Waals surface area contributed by atoms with Crippen LogP contribution in [0.15, 0.2) is 29.0 Å². The fourth-order valence-corrected chi connectivity index (χ4v) is 3.18. The van der Waals surface area contributed by atoms with Crippen LogP contribution in [0.4, 0.5) is 11.6 Å². The second-order valence-electron chi connectivity index (χ2n) is 6.14. The molecule has 3 aromatic rings. The summed E-state index contributed by atoms with van der Waals surface area (Å²) in [5.41, 5.74) is 1.91. The molecule has 0 radical (unpaired) electrons. The maximum atomic E-state index is 4.78. The highest BCUT2D eigenvalue weighted by Gasteiger charge is 2.29. The number of hydrogen-bond donors (Lipinski definition) is 0. The van der Waals surface area contributed by atoms with E-state index in [4.69, 9.17) is 4.63 Å². The lowest BCUT2D eigenvalue weighted by Crippen LogP contribution is -2.36. The largest absolute Gasteiger partial charge is 0.360 e. The first-order chi connectivity index (χ1) is 11.7. The third kappa shape index (κ3) is 2.53. The third-order valence-corrected chi connectivity index (χ3v) is 4.31. The molecule has 4 heterocycles. The maximum Gasteiger partial charge on any atom is 0.245 e. The molecule has 1 fully saturated rings. The minimum Gasteiger partial charge on any atom is -0.360 e. The Hall–Kier alpha value is -2.77. The van der Waals surface area contributed by atoms with E-state index in [-0.39, 0.29) is 6.04 Å². The van der Waals surface area contributed by atoms with E-state index in [1.807, 2.05) is 37.3 Å². The second-order valence-corrected chi connectivity index (χ2v) is 6.14. The average molecular weight is 325 g/mol. The van der Waals surface area contributed by atoms with Crippen LogP contribution in [0.5, 0.6) is 0 Å². The van der Waals surface area contributed by atoms with Crippen LogP contribution in [0, 0.1) is 0 Å². The van der Waals surface area contributed by atoms with Gasteiger partial charge in [0.25, 0.3) is 0 Å². The number of piperidine rings is 1. The Morgan fingerprint density at radius 3 is 2.71 bits per heavy atom. The van der Waals surface area contributed by atoms with Crippen molar-refractivity contribution in [3.05, 3.63) is 30.1 Å². The van der Waals surface area contributed by atoms with Crippen molar-refractivity contribution in [3.63, 3.8) is 0 Å². The molecule has 0 spiro atoms. The molecule has 0 bridgehead atoms. The normalized spacial score (nSPS) is 18.1. The van der Waals surface area contributed by atoms with Gasteiger partial charge in [0.2, 0.25) is 11.3 Å². The van der Waals surface area contributed by atoms with Gasteiger partial charge in [0, 0.05) is 26.8 Å². The van der Waals surface area contributed by atoms with Crippen LogP contribution in [0.3, 0.4) is 0 Å². The van der Waals surface area contributed by atoms with Gasteiger partial charge in [-0.15, -0.1) is 0 Å². The summed E-state index contributed by atoms with van der Waals surface area (Å²) < 4.78 is 4.78. The van der Waals surface area contributed by atoms with E-state index in [0.717, 1.165) is 36.7 Å². The van der Waals surface area contributed by atoms with E-state index >= 15 is 0 Å². The number of aromatic nitrogens is 5. The Bertz CT molecular complexity index is 833. The van der Waals surface area contributed by atoms with Crippen LogP contribution < -0.4 is 9.80 Å². The van der Waals surface area contributed by atoms with Crippen molar-refractivity contribution < 1.29 is 4.63 Å². The average Bonchev–Trinajstić information content (AvgIpc) is 3.09. The van der Waals surface area contributed by atoms with Crippen molar-refractivity contribution in [1.29, 1.82) is 0 Å². The Morgan fingerprint density at radius 1 is 1.12 bits per heavy atom. The first-order valence-electron chi connectivity index (χ1n) is 8.09. The van der Waals surface area contributed by atoms with Gasteiger partial charge in [0.1, 0.15) is 0 Å². The molecule has 1 unspecified atom stereocenters. The van der Waals surface area contributed by atoms with Crippen molar-refractivity contribution in [3.8, 4) is 0 Å². The van der Waals surface area contributed by atoms with Gasteiger partial charge >= 0.3 is 0 Å². The monoisotopic (exact) mass is 325 g/mol. The predicted molar refractivity (Wildman–Crippen MR) is 89.9 cm³/mol. The highest BCUT2D eigenvalue weighted by molar-refractivity contribution is 5.74. The van der Waals surface area contributed by atoms with Crippen LogP contribution >= 0.6 is 0 Å². The first-order valence-corrected chi connectivity index (χ1v) is 8.09. The Morgan fingerprint density at radius 2 is 1.96 bits per heavy atom. The Kier molecular flexibility index (Phi) is 3.72. The number of fused-ring (bicyclic) bond motifs is 1. The van der Waals surface area contributed by atoms with Gasteiger partial charge in [-0.05, 0) is 41.7 Å². The summed E-state index contributed by atoms with van der Waals surface area (Å²) in [6.07, 6.45) is 5.18. The molecular formula is C16H19N7O. The predicted octanol–water partition coefficient (Wildman–Crippen LogP) is 2.21. The topological polar surface area (TPSA) is 84.1 Å². The lowest BCUT2D eigenvalue weighted by molar-refractivity contribution is 0.314. The molecule has 1 aliphatic rings. The fraction of sp³-hybridized carbons (Fsp3) is 0.438. The summed E-state index contributed by atoms with van der Waals surface area (Å²) in [5, 5.41) is 7.66. The van der Waals surface area contributed by atoms with Gasteiger partial charge in [0.05, 0.1) is 11.7 Å². The Labute approximate surface area is 139 Å². The number of rotatable bonds is 3. The van der Waals surface area contributed by atoms with Gasteiger partial charge in [-0.3, -0.25) is 4.98 Å². The molecule has 1 saturated heterocycles. The lowest BCUT2D eigenvalue weighted by atomic mass is 9.99. The quantitative estimate of drug-likeness (QED) is 0.724. The summed E-state index contributed by atoms with van der Waals surface area (Å²) in [7, 11) is 3.90. The van der Waals surface area contributed by atoms with Crippen LogP contribution in [0.1, 0.15) is 31.0 Å². The van der Waals surface area contributed by atoms with Gasteiger partial charge in [-0.25, -0.2) is 14.6 Å². The molecule has 8 nitrogen and oxygen atoms in total. The van der Waals surface area contributed by atoms with Crippen molar-refractivity contribution in [2.24, 2.45) is 0 Å². The van der Waals surface area contributed by atoms with Crippen LogP contribution in [-0.4, -0.2) is 45.9 Å². The van der Waals surface area contributed by atoms with Crippen LogP contribution in [-0.2, 0) is 0 Å². The Balaban J connectivity index is 1.82. The molecule has 0 aromatic carbocycles. The highest BCUT2D eigenvalue weighted by Crippen LogP contribution is 2.37. The molecular weight excluding hydrogens is 306 g/mol. The van der Waals surface area contributed by atoms with E-state index in [2.05, 4.69) is 36.2 Å². The van der Waals surface area contributed by atoms with Crippen LogP contribution in [0.25, 0.3) is 11.3 Å². The molecule has 0 N–H and O–H groups in total. The zero-order valence-corrected chi connectivity index (χ0v) is 13.8. The van der Waals surface area contributed by atoms with E-state index in [1.54, 1.807) is 0 Å². The van der Waals surface area contributed by atoms with E-state index in [9.17, 15) is 0 Å². The van der Waals surface area contributed by atoms with Gasteiger partial charge in [-0.1, -0.05) is 6.07 Å². The van der Waals surface area contributed by atoms with Gasteiger partial charge in [-0.2, -0.15) is 0 Å². The standard InChI is InChI=1S/C16H19N7O/c1-22(2)15-16(19-14-13(18-15)20-24-21-14)23-10-6-4-8-12(23)11-7-3-5-9-17-11/h3,5,7,9,12H,4,6,8,10H2,1-2H3. The molecule has 8 heteroatoms. The van der Waals surface area contributed by atoms with E-state index < -0.39 is 0 Å². The van der Waals surface area contributed by atoms with Gasteiger partial charge in [0.15, 0.2) is 11.6 Å². The molecule has 0 aliphatic carbocycles. The molecule has 4 rings (SSSR count). The minimum atomic E-state index is 0.185. The van der Waals surface area contributed by atoms with Crippen molar-refractivity contribution >= 4 is 22.9 Å². The van der Waals surface area contributed by atoms with Gasteiger partial charge < -0.3 is 9.80 Å². The molecule has 0 saturated carbocycles. The highest BCUT2D eigenvalue weighted by atomic mass is 16.6. The second kappa shape index (κ2) is 6.03. The molecule has 124 valence electrons. The van der Waals surface area contributed by atoms with E-state index in [1.165, 1.54) is 6.42 Å². The van der Waals surface area contributed by atoms with Crippen LogP contribution in [0.2, 0.25) is 0 Å². The minimum absolute atomic E-state index is 0.185. The zero-order valence-electron chi connectivity index (χ0n) is 13.8. The van der Waals surface area contributed by atoms with Crippen molar-refractivity contribution in [1.82, 2.24) is 25.3 Å². The molecule has 1 atom stereocenters. The summed E-state index contributed by atoms with van der Waals surface area (Å²) in [5.74, 6) is 1.57. The molecule has 24 heavy (non-hydrogen) atoms.